The van der Waals surface area contributed by atoms with E-state index in [0.717, 1.165) is 23.1 Å². The molecule has 1 heterocycles. The maximum absolute atomic E-state index is 12.4. The van der Waals surface area contributed by atoms with Crippen LogP contribution in [0.25, 0.3) is 0 Å². The van der Waals surface area contributed by atoms with Crippen LogP contribution in [0.4, 0.5) is 5.69 Å². The van der Waals surface area contributed by atoms with Crippen LogP contribution in [0.1, 0.15) is 29.3 Å². The number of methoxy groups -OCH3 is 1. The van der Waals surface area contributed by atoms with Crippen molar-refractivity contribution in [2.75, 3.05) is 12.0 Å². The van der Waals surface area contributed by atoms with Crippen LogP contribution < -0.4 is 39.2 Å². The number of rotatable bonds is 4. The Hall–Kier alpha value is -1.62. The number of carbonyl (C=O) groups is 2. The zero-order valence-corrected chi connectivity index (χ0v) is 15.4. The number of carbonyl (C=O) groups excluding carboxylic acids is 2. The molecule has 23 heavy (non-hydrogen) atoms. The van der Waals surface area contributed by atoms with Gasteiger partial charge in [-0.3, -0.25) is 9.59 Å². The van der Waals surface area contributed by atoms with Crippen LogP contribution in [0, 0.1) is 0 Å². The summed E-state index contributed by atoms with van der Waals surface area (Å²) in [6.07, 6.45) is 1.83. The summed E-state index contributed by atoms with van der Waals surface area (Å²) in [5, 5.41) is 0. The van der Waals surface area contributed by atoms with E-state index < -0.39 is 0 Å². The van der Waals surface area contributed by atoms with Gasteiger partial charge >= 0.3 is 29.6 Å². The number of hydrogen-bond donors (Lipinski definition) is 0. The van der Waals surface area contributed by atoms with Gasteiger partial charge in [0.1, 0.15) is 12.0 Å². The Bertz CT molecular complexity index is 722. The van der Waals surface area contributed by atoms with Gasteiger partial charge in [0, 0.05) is 12.0 Å². The normalized spacial score (nSPS) is 13.1. The molecule has 1 aliphatic heterocycles. The summed E-state index contributed by atoms with van der Waals surface area (Å²) in [5.74, 6) is 0.683. The van der Waals surface area contributed by atoms with E-state index in [1.54, 1.807) is 24.1 Å². The number of fused-ring (bicyclic) bond motifs is 1. The van der Waals surface area contributed by atoms with Crippen molar-refractivity contribution in [1.29, 1.82) is 0 Å². The fraction of sp³-hybridized carbons (Fsp3) is 0.222. The predicted octanol–water partition coefficient (Wildman–Crippen LogP) is 0.104. The van der Waals surface area contributed by atoms with E-state index in [0.29, 0.717) is 30.7 Å². The first-order valence-corrected chi connectivity index (χ1v) is 7.24. The number of anilines is 1. The van der Waals surface area contributed by atoms with Crippen molar-refractivity contribution in [3.63, 3.8) is 0 Å². The van der Waals surface area contributed by atoms with Crippen LogP contribution in [0.15, 0.2) is 42.5 Å². The first-order chi connectivity index (χ1) is 10.7. The second-order valence-corrected chi connectivity index (χ2v) is 5.27. The summed E-state index contributed by atoms with van der Waals surface area (Å²) in [6.45, 7) is 0.478. The number of amides is 1. The smallest absolute Gasteiger partial charge is 1.00 e. The average molecular weight is 319 g/mol. The Morgan fingerprint density at radius 2 is 1.91 bits per heavy atom. The molecule has 0 N–H and O–H groups in total. The Morgan fingerprint density at radius 3 is 2.57 bits per heavy atom. The number of ether oxygens (including phenoxy) is 1. The van der Waals surface area contributed by atoms with E-state index in [9.17, 15) is 9.59 Å². The number of nitrogens with zero attached hydrogens (tertiary/aromatic N) is 1. The SMILES string of the molecule is COc1ccc(C=O)c2c1N(Cc1ccccc1)C(=O)CC2.[H-].[Na+]. The molecule has 2 aromatic rings. The zero-order valence-electron chi connectivity index (χ0n) is 14.4. The van der Waals surface area contributed by atoms with Crippen molar-refractivity contribution in [3.8, 4) is 5.75 Å². The fourth-order valence-corrected chi connectivity index (χ4v) is 2.89. The maximum atomic E-state index is 12.4. The molecule has 0 radical (unpaired) electrons. The molecule has 0 bridgehead atoms. The van der Waals surface area contributed by atoms with Gasteiger partial charge < -0.3 is 11.1 Å². The van der Waals surface area contributed by atoms with Crippen LogP contribution in [-0.4, -0.2) is 19.3 Å². The third-order valence-corrected chi connectivity index (χ3v) is 3.97. The molecule has 0 saturated carbocycles. The Morgan fingerprint density at radius 1 is 1.17 bits per heavy atom. The fourth-order valence-electron chi connectivity index (χ4n) is 2.89. The largest absolute Gasteiger partial charge is 1.00 e. The molecule has 1 amide bonds. The molecule has 0 saturated heterocycles. The van der Waals surface area contributed by atoms with Gasteiger partial charge in [-0.1, -0.05) is 30.3 Å². The Labute approximate surface area is 159 Å². The molecule has 0 spiro atoms. The van der Waals surface area contributed by atoms with Gasteiger partial charge in [0.2, 0.25) is 5.91 Å². The number of aldehydes is 1. The van der Waals surface area contributed by atoms with E-state index in [4.69, 9.17) is 4.74 Å². The molecule has 0 unspecified atom stereocenters. The Balaban J connectivity index is 0.00000144. The van der Waals surface area contributed by atoms with E-state index in [1.807, 2.05) is 30.3 Å². The minimum atomic E-state index is 0. The van der Waals surface area contributed by atoms with Crippen LogP contribution in [0.2, 0.25) is 0 Å². The summed E-state index contributed by atoms with van der Waals surface area (Å²) in [4.78, 5) is 25.4. The zero-order chi connectivity index (χ0) is 15.5. The van der Waals surface area contributed by atoms with E-state index in [2.05, 4.69) is 0 Å². The number of hydrogen-bond acceptors (Lipinski definition) is 3. The molecule has 4 nitrogen and oxygen atoms in total. The van der Waals surface area contributed by atoms with E-state index in [-0.39, 0.29) is 36.9 Å². The van der Waals surface area contributed by atoms with Crippen molar-refractivity contribution in [3.05, 3.63) is 59.2 Å². The van der Waals surface area contributed by atoms with Crippen LogP contribution in [-0.2, 0) is 17.8 Å². The van der Waals surface area contributed by atoms with E-state index in [1.165, 1.54) is 0 Å². The van der Waals surface area contributed by atoms with Gasteiger partial charge in [0.25, 0.3) is 0 Å². The van der Waals surface area contributed by atoms with Gasteiger partial charge in [-0.15, -0.1) is 0 Å². The van der Waals surface area contributed by atoms with E-state index >= 15 is 0 Å². The van der Waals surface area contributed by atoms with Gasteiger partial charge in [-0.25, -0.2) is 0 Å². The molecular formula is C18H18NNaO3. The molecule has 1 aliphatic rings. The molecule has 0 aliphatic carbocycles. The summed E-state index contributed by atoms with van der Waals surface area (Å²) in [6, 6.07) is 13.3. The third kappa shape index (κ3) is 3.50. The summed E-state index contributed by atoms with van der Waals surface area (Å²) >= 11 is 0. The summed E-state index contributed by atoms with van der Waals surface area (Å²) in [7, 11) is 1.58. The maximum Gasteiger partial charge on any atom is 1.00 e. The van der Waals surface area contributed by atoms with Crippen molar-refractivity contribution in [2.24, 2.45) is 0 Å². The summed E-state index contributed by atoms with van der Waals surface area (Å²) < 4.78 is 5.42. The molecule has 114 valence electrons. The van der Waals surface area contributed by atoms with Crippen LogP contribution in [0.3, 0.4) is 0 Å². The second kappa shape index (κ2) is 7.77. The Kier molecular flexibility index (Phi) is 5.99. The molecule has 0 atom stereocenters. The topological polar surface area (TPSA) is 46.6 Å². The molecule has 0 fully saturated rings. The second-order valence-electron chi connectivity index (χ2n) is 5.27. The quantitative estimate of drug-likeness (QED) is 0.593. The van der Waals surface area contributed by atoms with Gasteiger partial charge in [-0.05, 0) is 29.7 Å². The summed E-state index contributed by atoms with van der Waals surface area (Å²) in [5.41, 5.74) is 3.29. The average Bonchev–Trinajstić information content (AvgIpc) is 2.57. The van der Waals surface area contributed by atoms with Crippen molar-refractivity contribution >= 4 is 17.9 Å². The van der Waals surface area contributed by atoms with Crippen molar-refractivity contribution in [2.45, 2.75) is 19.4 Å². The first kappa shape index (κ1) is 17.7. The van der Waals surface area contributed by atoms with Gasteiger partial charge in [-0.2, -0.15) is 0 Å². The standard InChI is InChI=1S/C18H17NO3.Na.H/c1-22-16-9-7-14(12-20)15-8-10-17(21)19(18(15)16)11-13-5-3-2-4-6-13;;/h2-7,9,12H,8,10-11H2,1H3;;/q;+1;-1. The monoisotopic (exact) mass is 319 g/mol. The third-order valence-electron chi connectivity index (χ3n) is 3.97. The molecule has 2 aromatic carbocycles. The minimum Gasteiger partial charge on any atom is -1.00 e. The van der Waals surface area contributed by atoms with Gasteiger partial charge in [0.15, 0.2) is 0 Å². The molecular weight excluding hydrogens is 301 g/mol. The molecule has 0 aromatic heterocycles. The van der Waals surface area contributed by atoms with Crippen molar-refractivity contribution < 1.29 is 45.3 Å². The van der Waals surface area contributed by atoms with Crippen LogP contribution in [0.5, 0.6) is 5.75 Å². The molecule has 3 rings (SSSR count). The van der Waals surface area contributed by atoms with Gasteiger partial charge in [0.05, 0.1) is 19.3 Å². The van der Waals surface area contributed by atoms with Crippen molar-refractivity contribution in [1.82, 2.24) is 0 Å². The number of benzene rings is 2. The minimum absolute atomic E-state index is 0. The van der Waals surface area contributed by atoms with Crippen LogP contribution >= 0.6 is 0 Å². The first-order valence-electron chi connectivity index (χ1n) is 7.24. The predicted molar refractivity (Wildman–Crippen MR) is 85.4 cm³/mol. The molecule has 5 heteroatoms.